The van der Waals surface area contributed by atoms with E-state index in [1.54, 1.807) is 46.9 Å². The van der Waals surface area contributed by atoms with E-state index in [1.165, 1.54) is 6.92 Å². The summed E-state index contributed by atoms with van der Waals surface area (Å²) in [5.74, 6) is -3.65. The highest BCUT2D eigenvalue weighted by Gasteiger charge is 2.35. The average Bonchev–Trinajstić information content (AvgIpc) is 3.48. The summed E-state index contributed by atoms with van der Waals surface area (Å²) in [4.78, 5) is 64.7. The first-order valence-electron chi connectivity index (χ1n) is 18.6. The van der Waals surface area contributed by atoms with Crippen LogP contribution in [0.3, 0.4) is 0 Å². The number of alkyl carbamates (subject to hydrolysis) is 1. The van der Waals surface area contributed by atoms with Gasteiger partial charge in [0.25, 0.3) is 5.91 Å². The van der Waals surface area contributed by atoms with Crippen molar-refractivity contribution in [3.05, 3.63) is 95.6 Å². The van der Waals surface area contributed by atoms with Crippen molar-refractivity contribution in [2.45, 2.75) is 90.7 Å². The molecular weight excluding hydrogens is 690 g/mol. The largest absolute Gasteiger partial charge is 0.458 e. The number of hydrogen-bond acceptors (Lipinski definition) is 10. The van der Waals surface area contributed by atoms with E-state index in [9.17, 15) is 24.0 Å². The highest BCUT2D eigenvalue weighted by atomic mass is 16.6. The minimum absolute atomic E-state index is 0. The summed E-state index contributed by atoms with van der Waals surface area (Å²) in [5, 5.41) is 8.39. The van der Waals surface area contributed by atoms with Crippen molar-refractivity contribution in [2.75, 3.05) is 20.2 Å². The number of benzene rings is 3. The van der Waals surface area contributed by atoms with Gasteiger partial charge in [0, 0.05) is 15.3 Å². The molecule has 0 aromatic heterocycles. The zero-order valence-electron chi connectivity index (χ0n) is 32.0. The van der Waals surface area contributed by atoms with E-state index < -0.39 is 66.0 Å². The van der Waals surface area contributed by atoms with E-state index in [0.717, 1.165) is 27.8 Å². The van der Waals surface area contributed by atoms with Crippen molar-refractivity contribution in [1.29, 1.82) is 0 Å². The molecular formula is C42H57N3O9. The second-order valence-electron chi connectivity index (χ2n) is 14.1. The maximum absolute atomic E-state index is 13.4. The van der Waals surface area contributed by atoms with E-state index in [4.69, 9.17) is 18.9 Å². The first-order valence-corrected chi connectivity index (χ1v) is 18.6. The molecule has 0 aliphatic heterocycles. The van der Waals surface area contributed by atoms with Gasteiger partial charge in [0.2, 0.25) is 0 Å². The fourth-order valence-electron chi connectivity index (χ4n) is 6.27. The summed E-state index contributed by atoms with van der Waals surface area (Å²) >= 11 is 0. The number of nitrogens with one attached hydrogen (secondary N) is 3. The van der Waals surface area contributed by atoms with Crippen LogP contribution in [0.5, 0.6) is 0 Å². The normalized spacial score (nSPS) is 14.2. The zero-order valence-corrected chi connectivity index (χ0v) is 32.0. The minimum atomic E-state index is -1.21. The molecule has 294 valence electrons. The molecule has 12 heteroatoms. The van der Waals surface area contributed by atoms with Gasteiger partial charge in [-0.1, -0.05) is 107 Å². The van der Waals surface area contributed by atoms with E-state index in [2.05, 4.69) is 40.2 Å². The standard InChI is InChI=1S/C42H53N3O9.2H2/c1-26(2)36(41(49)53-28(5)39(47)51-24-29-16-8-7-9-17-29)45-38(46)37(27(3)4)54-40(48)35(43-6)22-14-15-23-44-42(50)52-25-34-32-20-12-10-18-30(32)31-19-11-13-21-33(31)34;;/h7-13,16-21,26-28,34-37,43H,14-15,22-25H2,1-6H3,(H,44,50)(H,45,46);2*1H/i;2*1+1. The van der Waals surface area contributed by atoms with Crippen molar-refractivity contribution < 1.29 is 45.8 Å². The Morgan fingerprint density at radius 2 is 1.31 bits per heavy atom. The number of esters is 3. The van der Waals surface area contributed by atoms with Crippen molar-refractivity contribution in [3.8, 4) is 11.1 Å². The van der Waals surface area contributed by atoms with Gasteiger partial charge in [0.05, 0.1) is 0 Å². The van der Waals surface area contributed by atoms with Gasteiger partial charge in [-0.2, -0.15) is 0 Å². The van der Waals surface area contributed by atoms with Crippen LogP contribution in [0.25, 0.3) is 11.1 Å². The lowest BCUT2D eigenvalue weighted by molar-refractivity contribution is -0.170. The lowest BCUT2D eigenvalue weighted by Gasteiger charge is -2.27. The molecule has 1 aliphatic carbocycles. The average molecular weight is 750 g/mol. The van der Waals surface area contributed by atoms with Crippen molar-refractivity contribution in [3.63, 3.8) is 0 Å². The van der Waals surface area contributed by atoms with Gasteiger partial charge in [-0.3, -0.25) is 9.59 Å². The van der Waals surface area contributed by atoms with Crippen LogP contribution in [-0.4, -0.2) is 74.4 Å². The van der Waals surface area contributed by atoms with Gasteiger partial charge in [0.1, 0.15) is 25.3 Å². The first-order chi connectivity index (χ1) is 25.9. The topological polar surface area (TPSA) is 158 Å². The van der Waals surface area contributed by atoms with Crippen LogP contribution in [0.2, 0.25) is 0 Å². The molecule has 0 fully saturated rings. The SMILES string of the molecule is CNC(CCCCNC(=O)OCC1c2ccccc2-c2ccccc21)C(=O)OC(C(=O)NC(C(=O)OC(C)C(=O)OCc1ccccc1)C(C)C)C(C)C.[2HH].[2HH]. The molecule has 0 saturated heterocycles. The maximum atomic E-state index is 13.4. The molecule has 4 rings (SSSR count). The molecule has 0 heterocycles. The van der Waals surface area contributed by atoms with Crippen LogP contribution in [0.15, 0.2) is 78.9 Å². The first kappa shape index (κ1) is 41.5. The lowest BCUT2D eigenvalue weighted by atomic mass is 9.98. The van der Waals surface area contributed by atoms with E-state index in [-0.39, 0.29) is 22.0 Å². The summed E-state index contributed by atoms with van der Waals surface area (Å²) < 4.78 is 21.9. The fourth-order valence-corrected chi connectivity index (χ4v) is 6.27. The predicted octanol–water partition coefficient (Wildman–Crippen LogP) is 6.16. The molecule has 3 aromatic rings. The number of carbonyl (C=O) groups excluding carboxylic acids is 5. The van der Waals surface area contributed by atoms with Crippen LogP contribution in [0.4, 0.5) is 4.79 Å². The molecule has 4 unspecified atom stereocenters. The Kier molecular flexibility index (Phi) is 15.6. The Labute approximate surface area is 320 Å². The van der Waals surface area contributed by atoms with E-state index >= 15 is 0 Å². The van der Waals surface area contributed by atoms with Crippen LogP contribution in [-0.2, 0) is 44.7 Å². The van der Waals surface area contributed by atoms with Crippen molar-refractivity contribution in [2.24, 2.45) is 11.8 Å². The van der Waals surface area contributed by atoms with Crippen molar-refractivity contribution in [1.82, 2.24) is 16.0 Å². The lowest BCUT2D eigenvalue weighted by Crippen LogP contribution is -2.52. The van der Waals surface area contributed by atoms with Gasteiger partial charge in [-0.25, -0.2) is 14.4 Å². The Bertz CT molecular complexity index is 1700. The number of carbonyl (C=O) groups is 5. The second kappa shape index (κ2) is 20.3. The molecule has 3 aromatic carbocycles. The van der Waals surface area contributed by atoms with Gasteiger partial charge in [0.15, 0.2) is 12.2 Å². The van der Waals surface area contributed by atoms with Crippen LogP contribution in [0.1, 0.15) is 79.3 Å². The molecule has 4 atom stereocenters. The Morgan fingerprint density at radius 1 is 0.704 bits per heavy atom. The van der Waals surface area contributed by atoms with Crippen LogP contribution < -0.4 is 16.0 Å². The highest BCUT2D eigenvalue weighted by molar-refractivity contribution is 5.90. The molecule has 0 saturated carbocycles. The van der Waals surface area contributed by atoms with Crippen LogP contribution >= 0.6 is 0 Å². The van der Waals surface area contributed by atoms with Gasteiger partial charge in [-0.15, -0.1) is 0 Å². The quantitative estimate of drug-likeness (QED) is 0.0737. The van der Waals surface area contributed by atoms with E-state index in [0.29, 0.717) is 25.8 Å². The van der Waals surface area contributed by atoms with Gasteiger partial charge < -0.3 is 34.9 Å². The number of unbranched alkanes of at least 4 members (excludes halogenated alkanes) is 1. The number of fused-ring (bicyclic) bond motifs is 3. The summed E-state index contributed by atoms with van der Waals surface area (Å²) in [7, 11) is 1.63. The fraction of sp³-hybridized carbons (Fsp3) is 0.452. The number of hydrogen-bond donors (Lipinski definition) is 3. The van der Waals surface area contributed by atoms with Crippen LogP contribution in [0, 0.1) is 11.8 Å². The Morgan fingerprint density at radius 3 is 1.91 bits per heavy atom. The Balaban J connectivity index is 0.00000541. The molecule has 0 bridgehead atoms. The molecule has 0 spiro atoms. The monoisotopic (exact) mass is 749 g/mol. The Hall–Kier alpha value is -5.23. The third kappa shape index (κ3) is 11.4. The summed E-state index contributed by atoms with van der Waals surface area (Å²) in [6.45, 7) is 8.91. The molecule has 3 N–H and O–H groups in total. The second-order valence-corrected chi connectivity index (χ2v) is 14.1. The summed E-state index contributed by atoms with van der Waals surface area (Å²) in [6, 6.07) is 23.6. The minimum Gasteiger partial charge on any atom is -0.458 e. The molecule has 2 amide bonds. The number of amides is 2. The summed E-state index contributed by atoms with van der Waals surface area (Å²) in [6.07, 6.45) is -1.34. The van der Waals surface area contributed by atoms with Gasteiger partial charge in [-0.05, 0) is 72.9 Å². The summed E-state index contributed by atoms with van der Waals surface area (Å²) in [5.41, 5.74) is 5.38. The third-order valence-electron chi connectivity index (χ3n) is 9.34. The van der Waals surface area contributed by atoms with Crippen molar-refractivity contribution >= 4 is 29.9 Å². The number of ether oxygens (including phenoxy) is 4. The van der Waals surface area contributed by atoms with E-state index in [1.807, 2.05) is 42.5 Å². The third-order valence-corrected chi connectivity index (χ3v) is 9.34. The molecule has 1 aliphatic rings. The highest BCUT2D eigenvalue weighted by Crippen LogP contribution is 2.44. The predicted molar refractivity (Wildman–Crippen MR) is 207 cm³/mol. The van der Waals surface area contributed by atoms with Gasteiger partial charge >= 0.3 is 24.0 Å². The zero-order chi connectivity index (χ0) is 39.2. The maximum Gasteiger partial charge on any atom is 0.407 e. The smallest absolute Gasteiger partial charge is 0.407 e. The molecule has 0 radical (unpaired) electrons. The number of rotatable bonds is 19. The molecule has 54 heavy (non-hydrogen) atoms. The number of likely N-dealkylation sites (N-methyl/N-ethyl adjacent to an activating group) is 1. The molecule has 12 nitrogen and oxygen atoms in total.